The summed E-state index contributed by atoms with van der Waals surface area (Å²) in [4.78, 5) is 5.52. The van der Waals surface area contributed by atoms with Crippen LogP contribution in [0.15, 0.2) is 47.1 Å². The Morgan fingerprint density at radius 3 is 2.56 bits per heavy atom. The molecule has 7 heteroatoms. The number of sulfonamides is 1. The monoisotopic (exact) mass is 364 g/mol. The van der Waals surface area contributed by atoms with Crippen LogP contribution < -0.4 is 4.72 Å². The molecular formula is C18H24N2O4S. The van der Waals surface area contributed by atoms with E-state index >= 15 is 0 Å². The van der Waals surface area contributed by atoms with Crippen molar-refractivity contribution in [3.63, 3.8) is 0 Å². The fraction of sp³-hybridized carbons (Fsp3) is 0.444. The van der Waals surface area contributed by atoms with Gasteiger partial charge in [-0.1, -0.05) is 38.1 Å². The van der Waals surface area contributed by atoms with E-state index in [1.54, 1.807) is 24.2 Å². The predicted molar refractivity (Wildman–Crippen MR) is 95.2 cm³/mol. The van der Waals surface area contributed by atoms with E-state index in [0.29, 0.717) is 11.7 Å². The Bertz CT molecular complexity index is 785. The second-order valence-electron chi connectivity index (χ2n) is 6.59. The minimum absolute atomic E-state index is 0.126. The summed E-state index contributed by atoms with van der Waals surface area (Å²) in [6, 6.07) is 11.2. The molecule has 0 saturated carbocycles. The molecule has 2 heterocycles. The van der Waals surface area contributed by atoms with Crippen molar-refractivity contribution in [2.45, 2.75) is 37.6 Å². The molecule has 0 amide bonds. The predicted octanol–water partition coefficient (Wildman–Crippen LogP) is 2.81. The number of hydroxylamine groups is 2. The van der Waals surface area contributed by atoms with Gasteiger partial charge >= 0.3 is 0 Å². The summed E-state index contributed by atoms with van der Waals surface area (Å²) in [6.45, 7) is 4.52. The van der Waals surface area contributed by atoms with Crippen LogP contribution in [0.3, 0.4) is 0 Å². The van der Waals surface area contributed by atoms with Gasteiger partial charge in [0.2, 0.25) is 10.0 Å². The van der Waals surface area contributed by atoms with Gasteiger partial charge in [0.05, 0.1) is 25.5 Å². The SMILES string of the molecule is CC(C)c1ccc(C2C(S(=O)(=O)NCc3ccco3)CON2C)cc1. The van der Waals surface area contributed by atoms with Crippen LogP contribution in [-0.4, -0.2) is 32.4 Å². The molecule has 0 radical (unpaired) electrons. The van der Waals surface area contributed by atoms with Gasteiger partial charge in [0.1, 0.15) is 11.0 Å². The van der Waals surface area contributed by atoms with Gasteiger partial charge in [0, 0.05) is 7.05 Å². The van der Waals surface area contributed by atoms with Crippen LogP contribution in [0, 0.1) is 0 Å². The number of nitrogens with one attached hydrogen (secondary N) is 1. The summed E-state index contributed by atoms with van der Waals surface area (Å²) in [5.74, 6) is 1.01. The van der Waals surface area contributed by atoms with Crippen LogP contribution in [-0.2, 0) is 21.4 Å². The lowest BCUT2D eigenvalue weighted by Gasteiger charge is -2.23. The Hall–Kier alpha value is -1.67. The first-order valence-corrected chi connectivity index (χ1v) is 9.89. The van der Waals surface area contributed by atoms with Crippen LogP contribution in [0.5, 0.6) is 0 Å². The number of furan rings is 1. The number of benzene rings is 1. The second kappa shape index (κ2) is 7.29. The second-order valence-corrected chi connectivity index (χ2v) is 8.58. The van der Waals surface area contributed by atoms with E-state index in [-0.39, 0.29) is 19.2 Å². The van der Waals surface area contributed by atoms with Crippen molar-refractivity contribution in [2.24, 2.45) is 0 Å². The van der Waals surface area contributed by atoms with E-state index in [1.807, 2.05) is 24.3 Å². The zero-order valence-corrected chi connectivity index (χ0v) is 15.5. The highest BCUT2D eigenvalue weighted by Crippen LogP contribution is 2.33. The van der Waals surface area contributed by atoms with Gasteiger partial charge in [-0.15, -0.1) is 0 Å². The first kappa shape index (κ1) is 18.1. The lowest BCUT2D eigenvalue weighted by molar-refractivity contribution is -0.110. The van der Waals surface area contributed by atoms with E-state index in [1.165, 1.54) is 11.8 Å². The molecule has 1 N–H and O–H groups in total. The molecule has 25 heavy (non-hydrogen) atoms. The van der Waals surface area contributed by atoms with E-state index in [0.717, 1.165) is 5.56 Å². The van der Waals surface area contributed by atoms with Crippen molar-refractivity contribution < 1.29 is 17.7 Å². The topological polar surface area (TPSA) is 71.8 Å². The summed E-state index contributed by atoms with van der Waals surface area (Å²) in [5.41, 5.74) is 2.15. The van der Waals surface area contributed by atoms with E-state index < -0.39 is 15.3 Å². The molecule has 1 fully saturated rings. The van der Waals surface area contributed by atoms with Gasteiger partial charge in [0.15, 0.2) is 0 Å². The summed E-state index contributed by atoms with van der Waals surface area (Å²) < 4.78 is 33.4. The van der Waals surface area contributed by atoms with Gasteiger partial charge in [-0.05, 0) is 29.2 Å². The molecule has 136 valence electrons. The lowest BCUT2D eigenvalue weighted by atomic mass is 9.98. The molecule has 0 spiro atoms. The Morgan fingerprint density at radius 1 is 1.24 bits per heavy atom. The number of hydrogen-bond donors (Lipinski definition) is 1. The minimum Gasteiger partial charge on any atom is -0.468 e. The first-order valence-electron chi connectivity index (χ1n) is 8.35. The van der Waals surface area contributed by atoms with E-state index in [4.69, 9.17) is 9.25 Å². The number of hydrogen-bond acceptors (Lipinski definition) is 5. The molecule has 0 aliphatic carbocycles. The van der Waals surface area contributed by atoms with Crippen LogP contribution >= 0.6 is 0 Å². The highest BCUT2D eigenvalue weighted by Gasteiger charge is 2.43. The number of rotatable bonds is 6. The molecule has 1 aromatic carbocycles. The Kier molecular flexibility index (Phi) is 5.29. The molecule has 1 saturated heterocycles. The third kappa shape index (κ3) is 3.95. The summed E-state index contributed by atoms with van der Waals surface area (Å²) >= 11 is 0. The average Bonchev–Trinajstić information content (AvgIpc) is 3.23. The third-order valence-electron chi connectivity index (χ3n) is 4.56. The number of nitrogens with zero attached hydrogens (tertiary/aromatic N) is 1. The van der Waals surface area contributed by atoms with Gasteiger partial charge in [0.25, 0.3) is 0 Å². The smallest absolute Gasteiger partial charge is 0.219 e. The van der Waals surface area contributed by atoms with Crippen molar-refractivity contribution in [1.29, 1.82) is 0 Å². The molecule has 6 nitrogen and oxygen atoms in total. The van der Waals surface area contributed by atoms with E-state index in [9.17, 15) is 8.42 Å². The quantitative estimate of drug-likeness (QED) is 0.853. The molecule has 0 bridgehead atoms. The summed E-state index contributed by atoms with van der Waals surface area (Å²) in [7, 11) is -1.80. The van der Waals surface area contributed by atoms with Gasteiger partial charge < -0.3 is 4.42 Å². The fourth-order valence-electron chi connectivity index (χ4n) is 3.05. The van der Waals surface area contributed by atoms with Gasteiger partial charge in [-0.2, -0.15) is 5.06 Å². The van der Waals surface area contributed by atoms with E-state index in [2.05, 4.69) is 18.6 Å². The van der Waals surface area contributed by atoms with Crippen molar-refractivity contribution in [2.75, 3.05) is 13.7 Å². The highest BCUT2D eigenvalue weighted by molar-refractivity contribution is 7.90. The Labute approximate surface area is 148 Å². The fourth-order valence-corrected chi connectivity index (χ4v) is 4.52. The van der Waals surface area contributed by atoms with Gasteiger partial charge in [-0.3, -0.25) is 4.84 Å². The van der Waals surface area contributed by atoms with Crippen molar-refractivity contribution in [3.05, 3.63) is 59.5 Å². The maximum absolute atomic E-state index is 12.8. The molecule has 2 unspecified atom stereocenters. The zero-order valence-electron chi connectivity index (χ0n) is 14.7. The van der Waals surface area contributed by atoms with Crippen LogP contribution in [0.4, 0.5) is 0 Å². The molecule has 1 aliphatic heterocycles. The minimum atomic E-state index is -3.57. The molecular weight excluding hydrogens is 340 g/mol. The van der Waals surface area contributed by atoms with Crippen molar-refractivity contribution >= 4 is 10.0 Å². The Balaban J connectivity index is 1.79. The van der Waals surface area contributed by atoms with Crippen molar-refractivity contribution in [1.82, 2.24) is 9.79 Å². The highest BCUT2D eigenvalue weighted by atomic mass is 32.2. The largest absolute Gasteiger partial charge is 0.468 e. The molecule has 1 aromatic heterocycles. The lowest BCUT2D eigenvalue weighted by Crippen LogP contribution is -2.39. The molecule has 2 aromatic rings. The zero-order chi connectivity index (χ0) is 18.0. The summed E-state index contributed by atoms with van der Waals surface area (Å²) in [5, 5.41) is 0.943. The normalized spacial score (nSPS) is 21.9. The van der Waals surface area contributed by atoms with Crippen LogP contribution in [0.2, 0.25) is 0 Å². The van der Waals surface area contributed by atoms with Crippen LogP contribution in [0.25, 0.3) is 0 Å². The average molecular weight is 364 g/mol. The molecule has 3 rings (SSSR count). The van der Waals surface area contributed by atoms with Gasteiger partial charge in [-0.25, -0.2) is 13.1 Å². The van der Waals surface area contributed by atoms with Crippen LogP contribution in [0.1, 0.15) is 42.7 Å². The summed E-state index contributed by atoms with van der Waals surface area (Å²) in [6.07, 6.45) is 1.52. The molecule has 1 aliphatic rings. The standard InChI is InChI=1S/C18H24N2O4S/c1-13(2)14-6-8-15(9-7-14)18-17(12-24-20(18)3)25(21,22)19-11-16-5-4-10-23-16/h4-10,13,17-19H,11-12H2,1-3H3. The third-order valence-corrected chi connectivity index (χ3v) is 6.29. The Morgan fingerprint density at radius 2 is 1.96 bits per heavy atom. The van der Waals surface area contributed by atoms with Crippen molar-refractivity contribution in [3.8, 4) is 0 Å². The first-order chi connectivity index (χ1) is 11.9. The molecule has 2 atom stereocenters. The maximum Gasteiger partial charge on any atom is 0.219 e. The maximum atomic E-state index is 12.8.